The second kappa shape index (κ2) is 21.1. The Hall–Kier alpha value is -6.85. The van der Waals surface area contributed by atoms with Crippen molar-refractivity contribution in [1.29, 1.82) is 0 Å². The summed E-state index contributed by atoms with van der Waals surface area (Å²) in [6, 6.07) is 17.6. The minimum atomic E-state index is -3.78. The standard InChI is InChI=1S/C36H36N3O15PS/c1-22(31(40)41)16-19-49-34(46)37-25-4-10-28(11-5-25)52-55(56,53-29-12-6-26(7-13-29)38-35(47)50-20-17-23(2)32(42)43)54-30-14-8-27(9-15-30)39-36(48)51-21-18-24(3)33(44)45/h4-15H,1-3,16-21H2,(H,37,46)(H,38,47)(H,39,48)(H,40,41)(H,42,43)(H,44,45). The molecule has 0 saturated heterocycles. The molecule has 56 heavy (non-hydrogen) atoms. The number of nitrogens with one attached hydrogen (secondary N) is 3. The molecule has 0 heterocycles. The quantitative estimate of drug-likeness (QED) is 0.0353. The summed E-state index contributed by atoms with van der Waals surface area (Å²) in [7, 11) is 0. The van der Waals surface area contributed by atoms with E-state index in [4.69, 9.17) is 54.9 Å². The Balaban J connectivity index is 1.70. The van der Waals surface area contributed by atoms with Crippen molar-refractivity contribution < 1.29 is 71.9 Å². The van der Waals surface area contributed by atoms with E-state index in [0.29, 0.717) is 17.1 Å². The Labute approximate surface area is 324 Å². The molecule has 20 heteroatoms. The summed E-state index contributed by atoms with van der Waals surface area (Å²) in [4.78, 5) is 69.0. The molecule has 0 aliphatic rings. The number of amides is 3. The summed E-state index contributed by atoms with van der Waals surface area (Å²) in [5.41, 5.74) is 0.565. The first-order valence-electron chi connectivity index (χ1n) is 16.1. The van der Waals surface area contributed by atoms with Crippen LogP contribution >= 0.6 is 6.72 Å². The second-order valence-electron chi connectivity index (χ2n) is 11.1. The lowest BCUT2D eigenvalue weighted by Crippen LogP contribution is -2.15. The maximum atomic E-state index is 12.1. The number of carboxylic acid groups (broad SMARTS) is 3. The Bertz CT molecular complexity index is 1780. The molecule has 0 bridgehead atoms. The molecule has 0 spiro atoms. The van der Waals surface area contributed by atoms with Crippen LogP contribution in [-0.2, 0) is 40.4 Å². The largest absolute Gasteiger partial charge is 0.490 e. The minimum absolute atomic E-state index is 0.0579. The molecule has 0 unspecified atom stereocenters. The van der Waals surface area contributed by atoms with E-state index in [-0.39, 0.29) is 73.1 Å². The van der Waals surface area contributed by atoms with Gasteiger partial charge in [0.2, 0.25) is 0 Å². The van der Waals surface area contributed by atoms with Crippen molar-refractivity contribution in [2.45, 2.75) is 19.3 Å². The van der Waals surface area contributed by atoms with E-state index in [1.54, 1.807) is 0 Å². The van der Waals surface area contributed by atoms with Crippen LogP contribution in [-0.4, -0.2) is 71.3 Å². The molecule has 3 amide bonds. The van der Waals surface area contributed by atoms with Crippen molar-refractivity contribution in [2.24, 2.45) is 0 Å². The highest BCUT2D eigenvalue weighted by atomic mass is 32.5. The van der Waals surface area contributed by atoms with Crippen molar-refractivity contribution >= 4 is 71.8 Å². The first-order chi connectivity index (χ1) is 26.5. The topological polar surface area (TPSA) is 255 Å². The number of anilines is 3. The van der Waals surface area contributed by atoms with Gasteiger partial charge < -0.3 is 43.1 Å². The fourth-order valence-electron chi connectivity index (χ4n) is 3.82. The monoisotopic (exact) mass is 813 g/mol. The van der Waals surface area contributed by atoms with Gasteiger partial charge in [0.1, 0.15) is 17.2 Å². The van der Waals surface area contributed by atoms with Crippen LogP contribution < -0.4 is 29.5 Å². The van der Waals surface area contributed by atoms with E-state index in [2.05, 4.69) is 35.7 Å². The van der Waals surface area contributed by atoms with Crippen molar-refractivity contribution in [2.75, 3.05) is 35.8 Å². The lowest BCUT2D eigenvalue weighted by molar-refractivity contribution is -0.133. The van der Waals surface area contributed by atoms with Gasteiger partial charge >= 0.3 is 42.9 Å². The van der Waals surface area contributed by atoms with E-state index >= 15 is 0 Å². The van der Waals surface area contributed by atoms with Crippen LogP contribution in [0.5, 0.6) is 17.2 Å². The molecule has 0 aliphatic carbocycles. The Kier molecular flexibility index (Phi) is 16.4. The summed E-state index contributed by atoms with van der Waals surface area (Å²) >= 11 is 5.75. The van der Waals surface area contributed by atoms with Crippen LogP contribution in [0.3, 0.4) is 0 Å². The second-order valence-corrected chi connectivity index (χ2v) is 13.8. The van der Waals surface area contributed by atoms with Crippen LogP contribution in [0.1, 0.15) is 19.3 Å². The summed E-state index contributed by atoms with van der Waals surface area (Å²) in [5, 5.41) is 34.1. The average Bonchev–Trinajstić information content (AvgIpc) is 3.13. The summed E-state index contributed by atoms with van der Waals surface area (Å²) < 4.78 is 33.0. The fraction of sp³-hybridized carbons (Fsp3) is 0.167. The third kappa shape index (κ3) is 15.6. The molecule has 296 valence electrons. The van der Waals surface area contributed by atoms with Crippen LogP contribution in [0.25, 0.3) is 0 Å². The van der Waals surface area contributed by atoms with Gasteiger partial charge in [-0.05, 0) is 72.8 Å². The third-order valence-electron chi connectivity index (χ3n) is 6.77. The Morgan fingerprint density at radius 1 is 0.482 bits per heavy atom. The zero-order valence-electron chi connectivity index (χ0n) is 29.4. The zero-order valence-corrected chi connectivity index (χ0v) is 31.1. The van der Waals surface area contributed by atoms with E-state index in [1.807, 2.05) is 0 Å². The minimum Gasteiger partial charge on any atom is -0.478 e. The molecule has 0 fully saturated rings. The molecule has 3 aromatic carbocycles. The summed E-state index contributed by atoms with van der Waals surface area (Å²) in [6.07, 6.45) is -2.68. The van der Waals surface area contributed by atoms with E-state index in [9.17, 15) is 28.8 Å². The first-order valence-corrected chi connectivity index (χ1v) is 18.6. The molecule has 0 aromatic heterocycles. The van der Waals surface area contributed by atoms with Gasteiger partial charge in [-0.15, -0.1) is 0 Å². The number of rotatable bonds is 21. The van der Waals surface area contributed by atoms with Gasteiger partial charge in [0, 0.05) is 64.9 Å². The van der Waals surface area contributed by atoms with Gasteiger partial charge in [0.25, 0.3) is 0 Å². The SMILES string of the molecule is C=C(CCOC(=O)Nc1ccc(OP(=S)(Oc2ccc(NC(=O)OCCC(=C)C(=O)O)cc2)Oc2ccc(NC(=O)OCCC(=C)C(=O)O)cc2)cc1)C(=O)O. The average molecular weight is 814 g/mol. The number of aliphatic carboxylic acids is 3. The number of carbonyl (C=O) groups excluding carboxylic acids is 3. The highest BCUT2D eigenvalue weighted by Crippen LogP contribution is 2.50. The fourth-order valence-corrected chi connectivity index (χ4v) is 5.85. The Morgan fingerprint density at radius 3 is 0.929 bits per heavy atom. The molecule has 0 atom stereocenters. The highest BCUT2D eigenvalue weighted by Gasteiger charge is 2.27. The van der Waals surface area contributed by atoms with Crippen molar-refractivity contribution in [1.82, 2.24) is 0 Å². The number of hydrogen-bond donors (Lipinski definition) is 6. The predicted octanol–water partition coefficient (Wildman–Crippen LogP) is 7.19. The van der Waals surface area contributed by atoms with Gasteiger partial charge in [0.05, 0.1) is 19.8 Å². The summed E-state index contributed by atoms with van der Waals surface area (Å²) in [5.74, 6) is -3.09. The molecule has 3 aromatic rings. The number of hydrogen-bond acceptors (Lipinski definition) is 13. The molecule has 6 N–H and O–H groups in total. The highest BCUT2D eigenvalue weighted by molar-refractivity contribution is 8.08. The molecule has 0 radical (unpaired) electrons. The number of ether oxygens (including phenoxy) is 3. The van der Waals surface area contributed by atoms with Crippen molar-refractivity contribution in [3.8, 4) is 17.2 Å². The zero-order chi connectivity index (χ0) is 41.3. The molecule has 0 aliphatic heterocycles. The summed E-state index contributed by atoms with van der Waals surface area (Å²) in [6.45, 7) is 5.72. The van der Waals surface area contributed by atoms with E-state index < -0.39 is 42.9 Å². The molecular formula is C36H36N3O15PS. The van der Waals surface area contributed by atoms with Gasteiger partial charge in [-0.25, -0.2) is 28.8 Å². The van der Waals surface area contributed by atoms with Crippen molar-refractivity contribution in [3.63, 3.8) is 0 Å². The van der Waals surface area contributed by atoms with Crippen LogP contribution in [0.2, 0.25) is 0 Å². The number of carbonyl (C=O) groups is 6. The van der Waals surface area contributed by atoms with E-state index in [1.165, 1.54) is 72.8 Å². The maximum absolute atomic E-state index is 12.1. The van der Waals surface area contributed by atoms with Gasteiger partial charge in [-0.3, -0.25) is 16.0 Å². The molecular weight excluding hydrogens is 777 g/mol. The van der Waals surface area contributed by atoms with E-state index in [0.717, 1.165) is 0 Å². The van der Waals surface area contributed by atoms with Crippen LogP contribution in [0.4, 0.5) is 31.4 Å². The maximum Gasteiger partial charge on any atom is 0.490 e. The molecule has 3 rings (SSSR count). The van der Waals surface area contributed by atoms with Gasteiger partial charge in [-0.1, -0.05) is 19.7 Å². The molecule has 0 saturated carbocycles. The third-order valence-corrected chi connectivity index (χ3v) is 8.75. The van der Waals surface area contributed by atoms with Crippen molar-refractivity contribution in [3.05, 3.63) is 109 Å². The van der Waals surface area contributed by atoms with Gasteiger partial charge in [0.15, 0.2) is 0 Å². The lowest BCUT2D eigenvalue weighted by Gasteiger charge is -2.23. The smallest absolute Gasteiger partial charge is 0.478 e. The normalized spacial score (nSPS) is 10.4. The Morgan fingerprint density at radius 2 is 0.714 bits per heavy atom. The first kappa shape index (κ1) is 43.6. The number of carboxylic acids is 3. The lowest BCUT2D eigenvalue weighted by atomic mass is 10.2. The van der Waals surface area contributed by atoms with Gasteiger partial charge in [-0.2, -0.15) is 0 Å². The predicted molar refractivity (Wildman–Crippen MR) is 205 cm³/mol. The number of benzene rings is 3. The van der Waals surface area contributed by atoms with Crippen LogP contribution in [0.15, 0.2) is 109 Å². The molecule has 18 nitrogen and oxygen atoms in total. The van der Waals surface area contributed by atoms with Crippen LogP contribution in [0, 0.1) is 0 Å².